The summed E-state index contributed by atoms with van der Waals surface area (Å²) in [6, 6.07) is 5.02. The van der Waals surface area contributed by atoms with Crippen molar-refractivity contribution in [3.63, 3.8) is 0 Å². The van der Waals surface area contributed by atoms with Gasteiger partial charge in [-0.1, -0.05) is 18.3 Å². The van der Waals surface area contributed by atoms with Crippen LogP contribution in [0, 0.1) is 6.92 Å². The molecule has 0 spiro atoms. The molecule has 1 saturated carbocycles. The first kappa shape index (κ1) is 13.5. The number of aryl methyl sites for hydroxylation is 1. The van der Waals surface area contributed by atoms with Crippen LogP contribution >= 0.6 is 12.2 Å². The van der Waals surface area contributed by atoms with Crippen molar-refractivity contribution < 1.29 is 8.42 Å². The molecule has 2 rings (SSSR count). The van der Waals surface area contributed by atoms with Gasteiger partial charge in [0.1, 0.15) is 4.99 Å². The lowest BCUT2D eigenvalue weighted by Gasteiger charge is -2.17. The van der Waals surface area contributed by atoms with E-state index in [0.717, 1.165) is 24.0 Å². The number of hydrogen-bond acceptors (Lipinski definition) is 3. The summed E-state index contributed by atoms with van der Waals surface area (Å²) in [5, 5.41) is 0. The number of benzene rings is 1. The maximum absolute atomic E-state index is 12.3. The topological polar surface area (TPSA) is 63.4 Å². The van der Waals surface area contributed by atoms with Crippen LogP contribution in [0.4, 0.5) is 0 Å². The van der Waals surface area contributed by atoms with E-state index in [1.807, 2.05) is 6.92 Å². The summed E-state index contributed by atoms with van der Waals surface area (Å²) in [6.07, 6.45) is 1.89. The van der Waals surface area contributed by atoms with E-state index in [-0.39, 0.29) is 11.0 Å². The Labute approximate surface area is 113 Å². The van der Waals surface area contributed by atoms with Crippen LogP contribution in [0.25, 0.3) is 0 Å². The van der Waals surface area contributed by atoms with Crippen LogP contribution in [0.15, 0.2) is 23.1 Å². The third-order valence-corrected chi connectivity index (χ3v) is 5.33. The highest BCUT2D eigenvalue weighted by molar-refractivity contribution is 7.89. The average molecular weight is 284 g/mol. The van der Waals surface area contributed by atoms with Crippen LogP contribution in [0.3, 0.4) is 0 Å². The Bertz CT molecular complexity index is 592. The predicted molar refractivity (Wildman–Crippen MR) is 75.0 cm³/mol. The minimum absolute atomic E-state index is 0.158. The summed E-state index contributed by atoms with van der Waals surface area (Å²) < 4.78 is 26.1. The standard InChI is InChI=1S/C12H16N2O2S2/c1-8-7-10(5-6-11(8)12(13)17)18(15,16)14(2)9-3-4-9/h5-7,9H,3-4H2,1-2H3,(H2,13,17). The van der Waals surface area contributed by atoms with Gasteiger partial charge in [0.15, 0.2) is 0 Å². The van der Waals surface area contributed by atoms with Gasteiger partial charge in [-0.15, -0.1) is 0 Å². The lowest BCUT2D eigenvalue weighted by atomic mass is 10.1. The van der Waals surface area contributed by atoms with E-state index in [4.69, 9.17) is 18.0 Å². The molecule has 0 atom stereocenters. The zero-order chi connectivity index (χ0) is 13.5. The van der Waals surface area contributed by atoms with Gasteiger partial charge < -0.3 is 5.73 Å². The van der Waals surface area contributed by atoms with Crippen LogP contribution < -0.4 is 5.73 Å². The Hall–Kier alpha value is -0.980. The van der Waals surface area contributed by atoms with Gasteiger partial charge >= 0.3 is 0 Å². The van der Waals surface area contributed by atoms with Crippen molar-refractivity contribution in [1.82, 2.24) is 4.31 Å². The summed E-state index contributed by atoms with van der Waals surface area (Å²) in [5.41, 5.74) is 7.07. The molecule has 6 heteroatoms. The summed E-state index contributed by atoms with van der Waals surface area (Å²) in [6.45, 7) is 1.81. The molecule has 0 saturated heterocycles. The smallest absolute Gasteiger partial charge is 0.243 e. The zero-order valence-electron chi connectivity index (χ0n) is 10.4. The molecule has 1 aliphatic carbocycles. The third-order valence-electron chi connectivity index (χ3n) is 3.20. The highest BCUT2D eigenvalue weighted by atomic mass is 32.2. The molecule has 0 bridgehead atoms. The highest BCUT2D eigenvalue weighted by Crippen LogP contribution is 2.30. The molecule has 1 aromatic carbocycles. The number of nitrogens with zero attached hydrogens (tertiary/aromatic N) is 1. The minimum Gasteiger partial charge on any atom is -0.389 e. The molecule has 2 N–H and O–H groups in total. The van der Waals surface area contributed by atoms with Gasteiger partial charge in [0, 0.05) is 18.7 Å². The predicted octanol–water partition coefficient (Wildman–Crippen LogP) is 1.41. The van der Waals surface area contributed by atoms with E-state index in [1.54, 1.807) is 25.2 Å². The quantitative estimate of drug-likeness (QED) is 0.849. The second kappa shape index (κ2) is 4.60. The molecule has 0 aromatic heterocycles. The molecule has 1 fully saturated rings. The van der Waals surface area contributed by atoms with Crippen LogP contribution in [0.2, 0.25) is 0 Å². The molecule has 0 heterocycles. The van der Waals surface area contributed by atoms with Crippen LogP contribution in [-0.4, -0.2) is 30.8 Å². The van der Waals surface area contributed by atoms with E-state index in [9.17, 15) is 8.42 Å². The van der Waals surface area contributed by atoms with Gasteiger partial charge in [-0.2, -0.15) is 4.31 Å². The van der Waals surface area contributed by atoms with Crippen molar-refractivity contribution in [1.29, 1.82) is 0 Å². The number of thiocarbonyl (C=S) groups is 1. The summed E-state index contributed by atoms with van der Waals surface area (Å²) in [5.74, 6) is 0. The van der Waals surface area contributed by atoms with Gasteiger partial charge in [0.2, 0.25) is 10.0 Å². The molecule has 0 unspecified atom stereocenters. The highest BCUT2D eigenvalue weighted by Gasteiger charge is 2.35. The van der Waals surface area contributed by atoms with Crippen molar-refractivity contribution >= 4 is 27.2 Å². The Kier molecular flexibility index (Phi) is 3.44. The fourth-order valence-corrected chi connectivity index (χ4v) is 3.60. The zero-order valence-corrected chi connectivity index (χ0v) is 12.0. The van der Waals surface area contributed by atoms with Gasteiger partial charge in [0.05, 0.1) is 4.90 Å². The second-order valence-electron chi connectivity index (χ2n) is 4.59. The fraction of sp³-hybridized carbons (Fsp3) is 0.417. The minimum atomic E-state index is -3.39. The van der Waals surface area contributed by atoms with E-state index in [1.165, 1.54) is 4.31 Å². The molecule has 1 aromatic rings. The molecule has 1 aliphatic rings. The number of hydrogen-bond donors (Lipinski definition) is 1. The normalized spacial score (nSPS) is 15.9. The molecule has 98 valence electrons. The lowest BCUT2D eigenvalue weighted by Crippen LogP contribution is -2.29. The molecule has 4 nitrogen and oxygen atoms in total. The molecule has 0 amide bonds. The molecular weight excluding hydrogens is 268 g/mol. The molecular formula is C12H16N2O2S2. The van der Waals surface area contributed by atoms with E-state index < -0.39 is 10.0 Å². The van der Waals surface area contributed by atoms with E-state index in [0.29, 0.717) is 4.90 Å². The van der Waals surface area contributed by atoms with Crippen molar-refractivity contribution in [2.45, 2.75) is 30.7 Å². The largest absolute Gasteiger partial charge is 0.389 e. The Balaban J connectivity index is 2.39. The van der Waals surface area contributed by atoms with E-state index >= 15 is 0 Å². The summed E-state index contributed by atoms with van der Waals surface area (Å²) >= 11 is 4.91. The first-order valence-electron chi connectivity index (χ1n) is 5.72. The van der Waals surface area contributed by atoms with Crippen molar-refractivity contribution in [2.24, 2.45) is 5.73 Å². The second-order valence-corrected chi connectivity index (χ2v) is 7.03. The van der Waals surface area contributed by atoms with Crippen molar-refractivity contribution in [2.75, 3.05) is 7.05 Å². The van der Waals surface area contributed by atoms with Gasteiger partial charge in [-0.05, 0) is 37.5 Å². The Morgan fingerprint density at radius 2 is 2.06 bits per heavy atom. The lowest BCUT2D eigenvalue weighted by molar-refractivity contribution is 0.464. The number of rotatable bonds is 4. The average Bonchev–Trinajstić information content (AvgIpc) is 3.11. The monoisotopic (exact) mass is 284 g/mol. The summed E-state index contributed by atoms with van der Waals surface area (Å²) in [7, 11) is -1.76. The Morgan fingerprint density at radius 3 is 2.50 bits per heavy atom. The third kappa shape index (κ3) is 2.41. The van der Waals surface area contributed by atoms with Gasteiger partial charge in [0.25, 0.3) is 0 Å². The SMILES string of the molecule is Cc1cc(S(=O)(=O)N(C)C2CC2)ccc1C(N)=S. The Morgan fingerprint density at radius 1 is 1.44 bits per heavy atom. The maximum Gasteiger partial charge on any atom is 0.243 e. The first-order chi connectivity index (χ1) is 8.34. The first-order valence-corrected chi connectivity index (χ1v) is 7.57. The maximum atomic E-state index is 12.3. The molecule has 0 radical (unpaired) electrons. The fourth-order valence-electron chi connectivity index (χ4n) is 1.87. The van der Waals surface area contributed by atoms with Crippen LogP contribution in [0.5, 0.6) is 0 Å². The number of sulfonamides is 1. The van der Waals surface area contributed by atoms with Gasteiger partial charge in [-0.25, -0.2) is 8.42 Å². The number of nitrogens with two attached hydrogens (primary N) is 1. The van der Waals surface area contributed by atoms with Crippen LogP contribution in [0.1, 0.15) is 24.0 Å². The van der Waals surface area contributed by atoms with Crippen molar-refractivity contribution in [3.8, 4) is 0 Å². The van der Waals surface area contributed by atoms with E-state index in [2.05, 4.69) is 0 Å². The summed E-state index contributed by atoms with van der Waals surface area (Å²) in [4.78, 5) is 0.585. The van der Waals surface area contributed by atoms with Gasteiger partial charge in [-0.3, -0.25) is 0 Å². The molecule has 0 aliphatic heterocycles. The van der Waals surface area contributed by atoms with Crippen molar-refractivity contribution in [3.05, 3.63) is 29.3 Å². The van der Waals surface area contributed by atoms with Crippen LogP contribution in [-0.2, 0) is 10.0 Å². The molecule has 18 heavy (non-hydrogen) atoms.